The zero-order chi connectivity index (χ0) is 21.8. The van der Waals surface area contributed by atoms with Crippen LogP contribution in [-0.4, -0.2) is 32.0 Å². The average molecular weight is 509 g/mol. The zero-order valence-electron chi connectivity index (χ0n) is 17.6. The third-order valence-electron chi connectivity index (χ3n) is 8.46. The summed E-state index contributed by atoms with van der Waals surface area (Å²) in [5.41, 5.74) is 2.39. The summed E-state index contributed by atoms with van der Waals surface area (Å²) in [7, 11) is -3.88. The van der Waals surface area contributed by atoms with Crippen LogP contribution < -0.4 is 0 Å². The van der Waals surface area contributed by atoms with E-state index in [-0.39, 0.29) is 17.4 Å². The van der Waals surface area contributed by atoms with Crippen molar-refractivity contribution >= 4 is 31.8 Å². The number of carbonyl (C=O) groups is 1. The van der Waals surface area contributed by atoms with Gasteiger partial charge in [0.05, 0.1) is 17.6 Å². The summed E-state index contributed by atoms with van der Waals surface area (Å²) in [6, 6.07) is 6.45. The number of fused-ring (bicyclic) bond motifs is 4. The van der Waals surface area contributed by atoms with Crippen LogP contribution in [0.25, 0.3) is 0 Å². The Bertz CT molecular complexity index is 1010. The second-order valence-corrected chi connectivity index (χ2v) is 12.3. The van der Waals surface area contributed by atoms with Crippen LogP contribution >= 0.6 is 15.9 Å². The molecule has 0 saturated heterocycles. The first-order valence-corrected chi connectivity index (χ1v) is 13.6. The van der Waals surface area contributed by atoms with Crippen molar-refractivity contribution < 1.29 is 22.5 Å². The van der Waals surface area contributed by atoms with E-state index in [1.54, 1.807) is 12.1 Å². The third-order valence-corrected chi connectivity index (χ3v) is 10.3. The Labute approximate surface area is 192 Å². The normalized spacial score (nSPS) is 35.5. The van der Waals surface area contributed by atoms with E-state index in [4.69, 9.17) is 4.18 Å². The smallest absolute Gasteiger partial charge is 0.296 e. The Hall–Kier alpha value is -1.02. The first-order valence-electron chi connectivity index (χ1n) is 11.4. The zero-order valence-corrected chi connectivity index (χ0v) is 20.0. The van der Waals surface area contributed by atoms with Crippen LogP contribution in [0.5, 0.6) is 0 Å². The van der Waals surface area contributed by atoms with Crippen LogP contribution in [0.1, 0.15) is 57.8 Å². The highest BCUT2D eigenvalue weighted by Crippen LogP contribution is 2.61. The predicted molar refractivity (Wildman–Crippen MR) is 120 cm³/mol. The SMILES string of the molecule is O=C1CCC2=C(CCC3C2CC[C@@]2(COS(=O)(=O)c4ccc(Br)cc4)C3CC[C@@H]2O)C1. The lowest BCUT2D eigenvalue weighted by Gasteiger charge is -2.52. The Balaban J connectivity index is 1.38. The summed E-state index contributed by atoms with van der Waals surface area (Å²) >= 11 is 3.33. The van der Waals surface area contributed by atoms with Gasteiger partial charge in [0.1, 0.15) is 5.78 Å². The van der Waals surface area contributed by atoms with Gasteiger partial charge in [-0.1, -0.05) is 27.1 Å². The molecular weight excluding hydrogens is 480 g/mol. The molecule has 4 aliphatic rings. The maximum absolute atomic E-state index is 12.8. The van der Waals surface area contributed by atoms with Gasteiger partial charge in [-0.2, -0.15) is 8.42 Å². The number of ketones is 1. The molecule has 3 unspecified atom stereocenters. The predicted octanol–water partition coefficient (Wildman–Crippen LogP) is 4.78. The number of hydrogen-bond acceptors (Lipinski definition) is 5. The molecule has 1 aromatic carbocycles. The first-order chi connectivity index (χ1) is 14.8. The van der Waals surface area contributed by atoms with Crippen LogP contribution in [0, 0.1) is 23.2 Å². The largest absolute Gasteiger partial charge is 0.392 e. The standard InChI is InChI=1S/C24H29BrO5S/c25-16-2-5-18(6-3-16)31(28,29)30-14-24-12-11-20-19-8-4-17(26)13-15(19)1-7-21(20)22(24)9-10-23(24)27/h2-3,5-6,20-23,27H,1,4,7-14H2/t20?,21?,22?,23-,24+/m0/s1. The molecule has 1 N–H and O–H groups in total. The third kappa shape index (κ3) is 3.75. The van der Waals surface area contributed by atoms with Gasteiger partial charge < -0.3 is 5.11 Å². The highest BCUT2D eigenvalue weighted by atomic mass is 79.9. The number of rotatable bonds is 4. The topological polar surface area (TPSA) is 80.7 Å². The van der Waals surface area contributed by atoms with Gasteiger partial charge in [-0.3, -0.25) is 8.98 Å². The van der Waals surface area contributed by atoms with Crippen LogP contribution in [0.3, 0.4) is 0 Å². The Morgan fingerprint density at radius 3 is 2.61 bits per heavy atom. The fraction of sp³-hybridized carbons (Fsp3) is 0.625. The molecule has 2 saturated carbocycles. The molecule has 7 heteroatoms. The van der Waals surface area contributed by atoms with Crippen molar-refractivity contribution in [2.75, 3.05) is 6.61 Å². The van der Waals surface area contributed by atoms with Gasteiger partial charge in [-0.25, -0.2) is 0 Å². The summed E-state index contributed by atoms with van der Waals surface area (Å²) in [6.07, 6.45) is 7.03. The molecule has 0 radical (unpaired) electrons. The minimum atomic E-state index is -3.88. The van der Waals surface area contributed by atoms with Crippen LogP contribution in [-0.2, 0) is 19.1 Å². The lowest BCUT2D eigenvalue weighted by molar-refractivity contribution is -0.119. The number of carbonyl (C=O) groups excluding carboxylic acids is 1. The van der Waals surface area contributed by atoms with Gasteiger partial charge in [-0.15, -0.1) is 0 Å². The van der Waals surface area contributed by atoms with E-state index in [1.165, 1.54) is 23.3 Å². The van der Waals surface area contributed by atoms with E-state index in [9.17, 15) is 18.3 Å². The van der Waals surface area contributed by atoms with E-state index in [0.29, 0.717) is 36.9 Å². The molecule has 168 valence electrons. The summed E-state index contributed by atoms with van der Waals surface area (Å²) < 4.78 is 32.1. The molecule has 0 spiro atoms. The lowest BCUT2D eigenvalue weighted by Crippen LogP contribution is -2.50. The van der Waals surface area contributed by atoms with E-state index in [2.05, 4.69) is 15.9 Å². The van der Waals surface area contributed by atoms with Crippen molar-refractivity contribution in [3.8, 4) is 0 Å². The van der Waals surface area contributed by atoms with Crippen molar-refractivity contribution in [2.45, 2.75) is 68.8 Å². The average Bonchev–Trinajstić information content (AvgIpc) is 3.09. The second-order valence-electron chi connectivity index (χ2n) is 9.79. The molecule has 0 heterocycles. The van der Waals surface area contributed by atoms with Gasteiger partial charge in [0.15, 0.2) is 0 Å². The number of aliphatic hydroxyl groups is 1. The number of Topliss-reactive ketones (excluding diaryl/α,β-unsaturated/α-hetero) is 1. The molecule has 0 aromatic heterocycles. The first kappa shape index (κ1) is 21.8. The Kier molecular flexibility index (Phi) is 5.69. The molecule has 0 amide bonds. The lowest BCUT2D eigenvalue weighted by atomic mass is 9.54. The Morgan fingerprint density at radius 2 is 1.84 bits per heavy atom. The molecule has 4 aliphatic carbocycles. The monoisotopic (exact) mass is 508 g/mol. The fourth-order valence-electron chi connectivity index (χ4n) is 6.97. The van der Waals surface area contributed by atoms with Gasteiger partial charge >= 0.3 is 0 Å². The molecule has 0 aliphatic heterocycles. The van der Waals surface area contributed by atoms with Crippen molar-refractivity contribution in [1.82, 2.24) is 0 Å². The minimum Gasteiger partial charge on any atom is -0.392 e. The van der Waals surface area contributed by atoms with Crippen molar-refractivity contribution in [3.05, 3.63) is 39.9 Å². The molecule has 0 bridgehead atoms. The Morgan fingerprint density at radius 1 is 1.06 bits per heavy atom. The molecule has 5 atom stereocenters. The maximum Gasteiger partial charge on any atom is 0.296 e. The minimum absolute atomic E-state index is 0.0465. The van der Waals surface area contributed by atoms with Gasteiger partial charge in [0.2, 0.25) is 0 Å². The molecule has 2 fully saturated rings. The molecular formula is C24H29BrO5S. The van der Waals surface area contributed by atoms with Crippen molar-refractivity contribution in [3.63, 3.8) is 0 Å². The summed E-state index contributed by atoms with van der Waals surface area (Å²) in [5.74, 6) is 1.58. The van der Waals surface area contributed by atoms with Crippen molar-refractivity contribution in [1.29, 1.82) is 0 Å². The highest BCUT2D eigenvalue weighted by Gasteiger charge is 2.58. The van der Waals surface area contributed by atoms with Crippen LogP contribution in [0.4, 0.5) is 0 Å². The van der Waals surface area contributed by atoms with Crippen LogP contribution in [0.2, 0.25) is 0 Å². The number of hydrogen-bond donors (Lipinski definition) is 1. The van der Waals surface area contributed by atoms with Crippen LogP contribution in [0.15, 0.2) is 44.8 Å². The summed E-state index contributed by atoms with van der Waals surface area (Å²) in [5, 5.41) is 11.0. The highest BCUT2D eigenvalue weighted by molar-refractivity contribution is 9.10. The number of allylic oxidation sites excluding steroid dienone is 2. The maximum atomic E-state index is 12.8. The van der Waals surface area contributed by atoms with E-state index in [1.807, 2.05) is 0 Å². The van der Waals surface area contributed by atoms with Crippen molar-refractivity contribution in [2.24, 2.45) is 23.2 Å². The number of benzene rings is 1. The molecule has 5 rings (SSSR count). The molecule has 31 heavy (non-hydrogen) atoms. The van der Waals surface area contributed by atoms with E-state index in [0.717, 1.165) is 43.0 Å². The number of aliphatic hydroxyl groups excluding tert-OH is 1. The fourth-order valence-corrected chi connectivity index (χ4v) is 8.21. The summed E-state index contributed by atoms with van der Waals surface area (Å²) in [6.45, 7) is 0.0465. The molecule has 1 aromatic rings. The van der Waals surface area contributed by atoms with E-state index >= 15 is 0 Å². The quantitative estimate of drug-likeness (QED) is 0.467. The summed E-state index contributed by atoms with van der Waals surface area (Å²) in [4.78, 5) is 12.1. The molecule has 5 nitrogen and oxygen atoms in total. The number of halogens is 1. The van der Waals surface area contributed by atoms with Gasteiger partial charge in [0, 0.05) is 22.7 Å². The van der Waals surface area contributed by atoms with Gasteiger partial charge in [-0.05, 0) is 87.0 Å². The second kappa shape index (κ2) is 8.08. The van der Waals surface area contributed by atoms with E-state index < -0.39 is 21.6 Å². The van der Waals surface area contributed by atoms with Gasteiger partial charge in [0.25, 0.3) is 10.1 Å².